The number of carbonyl (C=O) groups excluding carboxylic acids is 2. The molecule has 1 saturated heterocycles. The summed E-state index contributed by atoms with van der Waals surface area (Å²) in [5.74, 6) is -1.37. The van der Waals surface area contributed by atoms with E-state index in [9.17, 15) is 14.0 Å². The molecule has 1 aromatic rings. The second-order valence-corrected chi connectivity index (χ2v) is 3.60. The van der Waals surface area contributed by atoms with Crippen LogP contribution in [0.1, 0.15) is 17.9 Å². The molecule has 15 heavy (non-hydrogen) atoms. The molecule has 0 spiro atoms. The van der Waals surface area contributed by atoms with E-state index in [1.807, 2.05) is 0 Å². The first-order valence-electron chi connectivity index (χ1n) is 4.65. The van der Waals surface area contributed by atoms with Crippen molar-refractivity contribution in [3.05, 3.63) is 35.6 Å². The average molecular weight is 207 g/mol. The smallest absolute Gasteiger partial charge is 0.236 e. The van der Waals surface area contributed by atoms with Gasteiger partial charge in [-0.15, -0.1) is 0 Å². The van der Waals surface area contributed by atoms with E-state index in [0.717, 1.165) is 4.90 Å². The Bertz CT molecular complexity index is 430. The molecular formula is C11H10FNO2. The summed E-state index contributed by atoms with van der Waals surface area (Å²) in [5.41, 5.74) is 0.567. The van der Waals surface area contributed by atoms with Crippen LogP contribution >= 0.6 is 0 Å². The van der Waals surface area contributed by atoms with Gasteiger partial charge in [-0.1, -0.05) is 12.1 Å². The third-order valence-electron chi connectivity index (χ3n) is 2.63. The number of carbonyl (C=O) groups is 2. The number of likely N-dealkylation sites (N-methyl/N-ethyl adjacent to an activating group) is 1. The molecule has 3 nitrogen and oxygen atoms in total. The van der Waals surface area contributed by atoms with Crippen LogP contribution in [-0.2, 0) is 9.59 Å². The van der Waals surface area contributed by atoms with E-state index >= 15 is 0 Å². The van der Waals surface area contributed by atoms with Crippen molar-refractivity contribution < 1.29 is 14.0 Å². The van der Waals surface area contributed by atoms with Gasteiger partial charge in [0.1, 0.15) is 5.82 Å². The van der Waals surface area contributed by atoms with E-state index in [1.54, 1.807) is 12.1 Å². The number of halogens is 1. The molecule has 1 atom stereocenters. The van der Waals surface area contributed by atoms with Crippen molar-refractivity contribution >= 4 is 11.8 Å². The summed E-state index contributed by atoms with van der Waals surface area (Å²) in [4.78, 5) is 24.0. The Labute approximate surface area is 86.5 Å². The van der Waals surface area contributed by atoms with Crippen molar-refractivity contribution in [3.8, 4) is 0 Å². The minimum Gasteiger partial charge on any atom is -0.285 e. The molecule has 1 heterocycles. The number of hydrogen-bond donors (Lipinski definition) is 0. The van der Waals surface area contributed by atoms with Crippen LogP contribution in [0.2, 0.25) is 0 Å². The SMILES string of the molecule is CN1C(=O)C[C@H](c2cccc(F)c2)C1=O. The van der Waals surface area contributed by atoms with Crippen LogP contribution < -0.4 is 0 Å². The lowest BCUT2D eigenvalue weighted by molar-refractivity contribution is -0.137. The van der Waals surface area contributed by atoms with E-state index in [2.05, 4.69) is 0 Å². The fourth-order valence-corrected chi connectivity index (χ4v) is 1.74. The third kappa shape index (κ3) is 1.63. The highest BCUT2D eigenvalue weighted by molar-refractivity contribution is 6.05. The summed E-state index contributed by atoms with van der Waals surface area (Å²) in [6.45, 7) is 0. The maximum absolute atomic E-state index is 12.9. The van der Waals surface area contributed by atoms with Gasteiger partial charge in [-0.25, -0.2) is 4.39 Å². The minimum atomic E-state index is -0.516. The first-order valence-corrected chi connectivity index (χ1v) is 4.65. The van der Waals surface area contributed by atoms with Gasteiger partial charge in [0.15, 0.2) is 0 Å². The standard InChI is InChI=1S/C11H10FNO2/c1-13-10(14)6-9(11(13)15)7-3-2-4-8(12)5-7/h2-5,9H,6H2,1H3/t9-/m1/s1. The maximum atomic E-state index is 12.9. The van der Waals surface area contributed by atoms with Crippen LogP contribution in [0.15, 0.2) is 24.3 Å². The van der Waals surface area contributed by atoms with E-state index in [-0.39, 0.29) is 24.1 Å². The largest absolute Gasteiger partial charge is 0.285 e. The molecule has 0 bridgehead atoms. The van der Waals surface area contributed by atoms with Crippen LogP contribution in [0.5, 0.6) is 0 Å². The Morgan fingerprint density at radius 3 is 2.67 bits per heavy atom. The van der Waals surface area contributed by atoms with Gasteiger partial charge in [-0.3, -0.25) is 14.5 Å². The Morgan fingerprint density at radius 2 is 2.13 bits per heavy atom. The first-order chi connectivity index (χ1) is 7.09. The molecule has 0 aliphatic carbocycles. The van der Waals surface area contributed by atoms with E-state index in [1.165, 1.54) is 19.2 Å². The second kappa shape index (κ2) is 3.46. The van der Waals surface area contributed by atoms with Gasteiger partial charge in [0.25, 0.3) is 0 Å². The number of imide groups is 1. The van der Waals surface area contributed by atoms with Gasteiger partial charge in [0, 0.05) is 13.5 Å². The van der Waals surface area contributed by atoms with Gasteiger partial charge >= 0.3 is 0 Å². The van der Waals surface area contributed by atoms with Gasteiger partial charge in [-0.2, -0.15) is 0 Å². The van der Waals surface area contributed by atoms with Crippen molar-refractivity contribution in [1.82, 2.24) is 4.90 Å². The monoisotopic (exact) mass is 207 g/mol. The summed E-state index contributed by atoms with van der Waals surface area (Å²) in [6.07, 6.45) is 0.138. The zero-order valence-electron chi connectivity index (χ0n) is 8.24. The lowest BCUT2D eigenvalue weighted by atomic mass is 9.98. The number of rotatable bonds is 1. The maximum Gasteiger partial charge on any atom is 0.236 e. The van der Waals surface area contributed by atoms with Crippen molar-refractivity contribution in [2.24, 2.45) is 0 Å². The number of amides is 2. The Balaban J connectivity index is 2.33. The molecule has 0 radical (unpaired) electrons. The number of nitrogens with zero attached hydrogens (tertiary/aromatic N) is 1. The van der Waals surface area contributed by atoms with Crippen molar-refractivity contribution in [1.29, 1.82) is 0 Å². The molecule has 1 aliphatic rings. The van der Waals surface area contributed by atoms with Crippen LogP contribution in [0.3, 0.4) is 0 Å². The zero-order valence-corrected chi connectivity index (χ0v) is 8.24. The lowest BCUT2D eigenvalue weighted by Gasteiger charge is -2.08. The number of likely N-dealkylation sites (tertiary alicyclic amines) is 1. The summed E-state index contributed by atoms with van der Waals surface area (Å²) < 4.78 is 12.9. The molecule has 0 saturated carbocycles. The Kier molecular flexibility index (Phi) is 2.26. The minimum absolute atomic E-state index is 0.138. The van der Waals surface area contributed by atoms with Crippen LogP contribution in [0, 0.1) is 5.82 Å². The predicted molar refractivity (Wildman–Crippen MR) is 51.5 cm³/mol. The Hall–Kier alpha value is -1.71. The lowest BCUT2D eigenvalue weighted by Crippen LogP contribution is -2.25. The third-order valence-corrected chi connectivity index (χ3v) is 2.63. The van der Waals surface area contributed by atoms with Gasteiger partial charge < -0.3 is 0 Å². The van der Waals surface area contributed by atoms with E-state index in [4.69, 9.17) is 0 Å². The molecule has 2 rings (SSSR count). The van der Waals surface area contributed by atoms with Gasteiger partial charge in [-0.05, 0) is 17.7 Å². The summed E-state index contributed by atoms with van der Waals surface area (Å²) in [6, 6.07) is 5.82. The highest BCUT2D eigenvalue weighted by atomic mass is 19.1. The zero-order chi connectivity index (χ0) is 11.0. The quantitative estimate of drug-likeness (QED) is 0.651. The first kappa shape index (κ1) is 9.83. The molecule has 78 valence electrons. The fourth-order valence-electron chi connectivity index (χ4n) is 1.74. The molecule has 1 aliphatic heterocycles. The molecule has 2 amide bonds. The van der Waals surface area contributed by atoms with E-state index < -0.39 is 5.92 Å². The fraction of sp³-hybridized carbons (Fsp3) is 0.273. The summed E-state index contributed by atoms with van der Waals surface area (Å²) >= 11 is 0. The van der Waals surface area contributed by atoms with Crippen LogP contribution in [0.4, 0.5) is 4.39 Å². The van der Waals surface area contributed by atoms with Crippen molar-refractivity contribution in [3.63, 3.8) is 0 Å². The van der Waals surface area contributed by atoms with Gasteiger partial charge in [0.2, 0.25) is 11.8 Å². The average Bonchev–Trinajstić information content (AvgIpc) is 2.46. The summed E-state index contributed by atoms with van der Waals surface area (Å²) in [5, 5.41) is 0. The second-order valence-electron chi connectivity index (χ2n) is 3.60. The van der Waals surface area contributed by atoms with E-state index in [0.29, 0.717) is 5.56 Å². The van der Waals surface area contributed by atoms with Crippen LogP contribution in [-0.4, -0.2) is 23.8 Å². The molecule has 0 N–H and O–H groups in total. The van der Waals surface area contributed by atoms with Crippen LogP contribution in [0.25, 0.3) is 0 Å². The normalized spacial score (nSPS) is 21.2. The molecular weight excluding hydrogens is 197 g/mol. The predicted octanol–water partition coefficient (Wildman–Crippen LogP) is 1.30. The van der Waals surface area contributed by atoms with Crippen molar-refractivity contribution in [2.75, 3.05) is 7.05 Å². The Morgan fingerprint density at radius 1 is 1.40 bits per heavy atom. The topological polar surface area (TPSA) is 37.4 Å². The van der Waals surface area contributed by atoms with Crippen molar-refractivity contribution in [2.45, 2.75) is 12.3 Å². The highest BCUT2D eigenvalue weighted by Gasteiger charge is 2.36. The molecule has 0 unspecified atom stereocenters. The number of benzene rings is 1. The summed E-state index contributed by atoms with van der Waals surface area (Å²) in [7, 11) is 1.45. The molecule has 4 heteroatoms. The molecule has 1 aromatic carbocycles. The molecule has 0 aromatic heterocycles. The van der Waals surface area contributed by atoms with Gasteiger partial charge in [0.05, 0.1) is 5.92 Å². The number of hydrogen-bond acceptors (Lipinski definition) is 2. The molecule has 1 fully saturated rings. The highest BCUT2D eigenvalue weighted by Crippen LogP contribution is 2.28.